The first-order valence-electron chi connectivity index (χ1n) is 9.38. The number of nitrogens with one attached hydrogen (secondary N) is 1. The molecule has 0 saturated carbocycles. The topological polar surface area (TPSA) is 66.4 Å². The highest BCUT2D eigenvalue weighted by molar-refractivity contribution is 5.57. The molecule has 1 aliphatic heterocycles. The van der Waals surface area contributed by atoms with Crippen molar-refractivity contribution in [3.8, 4) is 5.75 Å². The van der Waals surface area contributed by atoms with Crippen molar-refractivity contribution in [1.82, 2.24) is 15.2 Å². The molecular weight excluding hydrogens is 352 g/mol. The summed E-state index contributed by atoms with van der Waals surface area (Å²) in [6.07, 6.45) is 1.64. The molecule has 3 aromatic rings. The molecule has 0 bridgehead atoms. The van der Waals surface area contributed by atoms with Crippen molar-refractivity contribution >= 4 is 23.1 Å². The summed E-state index contributed by atoms with van der Waals surface area (Å²) >= 11 is 0. The van der Waals surface area contributed by atoms with E-state index in [0.29, 0.717) is 11.8 Å². The highest BCUT2D eigenvalue weighted by Crippen LogP contribution is 2.21. The molecule has 7 heteroatoms. The second-order valence-electron chi connectivity index (χ2n) is 6.81. The van der Waals surface area contributed by atoms with Crippen LogP contribution in [0.25, 0.3) is 0 Å². The summed E-state index contributed by atoms with van der Waals surface area (Å²) in [7, 11) is 1.65. The van der Waals surface area contributed by atoms with Gasteiger partial charge in [-0.1, -0.05) is 12.1 Å². The van der Waals surface area contributed by atoms with Gasteiger partial charge in [0.05, 0.1) is 13.3 Å². The lowest BCUT2D eigenvalue weighted by molar-refractivity contribution is 0.415. The summed E-state index contributed by atoms with van der Waals surface area (Å²) in [5.74, 6) is 2.15. The normalized spacial score (nSPS) is 14.1. The van der Waals surface area contributed by atoms with Crippen LogP contribution in [0.3, 0.4) is 0 Å². The number of methoxy groups -OCH3 is 1. The molecule has 1 N–H and O–H groups in total. The van der Waals surface area contributed by atoms with Crippen molar-refractivity contribution < 1.29 is 4.74 Å². The number of benzene rings is 2. The van der Waals surface area contributed by atoms with E-state index >= 15 is 0 Å². The van der Waals surface area contributed by atoms with Gasteiger partial charge in [-0.25, -0.2) is 0 Å². The zero-order valence-electron chi connectivity index (χ0n) is 16.2. The number of rotatable bonds is 5. The molecule has 0 amide bonds. The second kappa shape index (κ2) is 8.12. The Morgan fingerprint density at radius 3 is 2.43 bits per heavy atom. The predicted molar refractivity (Wildman–Crippen MR) is 112 cm³/mol. The average Bonchev–Trinajstić information content (AvgIpc) is 2.75. The lowest BCUT2D eigenvalue weighted by Crippen LogP contribution is -2.47. The van der Waals surface area contributed by atoms with Crippen LogP contribution in [-0.2, 0) is 0 Å². The van der Waals surface area contributed by atoms with Gasteiger partial charge in [0.2, 0.25) is 5.95 Å². The van der Waals surface area contributed by atoms with E-state index < -0.39 is 0 Å². The Bertz CT molecular complexity index is 922. The maximum atomic E-state index is 5.19. The zero-order chi connectivity index (χ0) is 19.3. The van der Waals surface area contributed by atoms with Crippen LogP contribution >= 0.6 is 0 Å². The lowest BCUT2D eigenvalue weighted by Gasteiger charge is -2.36. The van der Waals surface area contributed by atoms with Gasteiger partial charge in [0.1, 0.15) is 5.75 Å². The molecule has 0 aliphatic carbocycles. The first-order chi connectivity index (χ1) is 13.7. The van der Waals surface area contributed by atoms with Crippen molar-refractivity contribution in [1.29, 1.82) is 0 Å². The monoisotopic (exact) mass is 376 g/mol. The Balaban J connectivity index is 1.40. The van der Waals surface area contributed by atoms with E-state index in [0.717, 1.165) is 37.6 Å². The average molecular weight is 376 g/mol. The molecular formula is C21H24N6O. The van der Waals surface area contributed by atoms with Crippen molar-refractivity contribution in [2.75, 3.05) is 48.4 Å². The number of hydrogen-bond donors (Lipinski definition) is 1. The lowest BCUT2D eigenvalue weighted by atomic mass is 10.2. The number of aromatic nitrogens is 3. The minimum Gasteiger partial charge on any atom is -0.497 e. The third-order valence-corrected chi connectivity index (χ3v) is 4.84. The number of ether oxygens (including phenoxy) is 1. The minimum atomic E-state index is 0.655. The quantitative estimate of drug-likeness (QED) is 0.733. The van der Waals surface area contributed by atoms with Crippen LogP contribution in [0.4, 0.5) is 23.1 Å². The molecule has 28 heavy (non-hydrogen) atoms. The van der Waals surface area contributed by atoms with E-state index in [-0.39, 0.29) is 0 Å². The van der Waals surface area contributed by atoms with Gasteiger partial charge in [0.25, 0.3) is 0 Å². The molecule has 1 aliphatic rings. The molecule has 0 radical (unpaired) electrons. The number of aryl methyl sites for hydroxylation is 1. The van der Waals surface area contributed by atoms with E-state index in [1.165, 1.54) is 11.3 Å². The largest absolute Gasteiger partial charge is 0.497 e. The smallest absolute Gasteiger partial charge is 0.247 e. The van der Waals surface area contributed by atoms with Crippen molar-refractivity contribution in [3.63, 3.8) is 0 Å². The molecule has 2 aromatic carbocycles. The van der Waals surface area contributed by atoms with E-state index in [9.17, 15) is 0 Å². The molecule has 1 fully saturated rings. The Kier molecular flexibility index (Phi) is 5.23. The van der Waals surface area contributed by atoms with Crippen LogP contribution in [0.2, 0.25) is 0 Å². The van der Waals surface area contributed by atoms with E-state index in [2.05, 4.69) is 61.5 Å². The molecule has 1 saturated heterocycles. The maximum absolute atomic E-state index is 5.19. The summed E-state index contributed by atoms with van der Waals surface area (Å²) in [4.78, 5) is 9.22. The molecule has 0 spiro atoms. The molecule has 1 aromatic heterocycles. The molecule has 2 heterocycles. The Morgan fingerprint density at radius 1 is 0.964 bits per heavy atom. The second-order valence-corrected chi connectivity index (χ2v) is 6.81. The van der Waals surface area contributed by atoms with Gasteiger partial charge in [-0.3, -0.25) is 0 Å². The highest BCUT2D eigenvalue weighted by Gasteiger charge is 2.20. The van der Waals surface area contributed by atoms with E-state index in [1.54, 1.807) is 13.3 Å². The molecule has 144 valence electrons. The first-order valence-corrected chi connectivity index (χ1v) is 9.38. The van der Waals surface area contributed by atoms with Gasteiger partial charge in [0, 0.05) is 37.6 Å². The SMILES string of the molecule is COc1ccc(Nc2cnnc(N3CCN(c4cccc(C)c4)CC3)n2)cc1. The minimum absolute atomic E-state index is 0.655. The summed E-state index contributed by atoms with van der Waals surface area (Å²) in [6, 6.07) is 16.3. The van der Waals surface area contributed by atoms with Crippen LogP contribution in [0, 0.1) is 6.92 Å². The Hall–Kier alpha value is -3.35. The van der Waals surface area contributed by atoms with Crippen LogP contribution in [0.15, 0.2) is 54.7 Å². The van der Waals surface area contributed by atoms with Gasteiger partial charge in [0.15, 0.2) is 5.82 Å². The summed E-state index contributed by atoms with van der Waals surface area (Å²) in [5.41, 5.74) is 3.48. The van der Waals surface area contributed by atoms with Gasteiger partial charge >= 0.3 is 0 Å². The third-order valence-electron chi connectivity index (χ3n) is 4.84. The maximum Gasteiger partial charge on any atom is 0.247 e. The van der Waals surface area contributed by atoms with Gasteiger partial charge < -0.3 is 19.9 Å². The summed E-state index contributed by atoms with van der Waals surface area (Å²) in [5, 5.41) is 11.6. The van der Waals surface area contributed by atoms with E-state index in [4.69, 9.17) is 4.74 Å². The number of hydrogen-bond acceptors (Lipinski definition) is 7. The van der Waals surface area contributed by atoms with E-state index in [1.807, 2.05) is 24.3 Å². The molecule has 4 rings (SSSR count). The fraction of sp³-hybridized carbons (Fsp3) is 0.286. The standard InChI is InChI=1S/C21H24N6O/c1-16-4-3-5-18(14-16)26-10-12-27(13-11-26)21-24-20(15-22-25-21)23-17-6-8-19(28-2)9-7-17/h3-9,14-15H,10-13H2,1-2H3,(H,23,24,25). The Labute approximate surface area is 165 Å². The third kappa shape index (κ3) is 4.14. The number of nitrogens with zero attached hydrogens (tertiary/aromatic N) is 5. The fourth-order valence-corrected chi connectivity index (χ4v) is 3.30. The van der Waals surface area contributed by atoms with Crippen molar-refractivity contribution in [2.24, 2.45) is 0 Å². The summed E-state index contributed by atoms with van der Waals surface area (Å²) < 4.78 is 5.19. The van der Waals surface area contributed by atoms with Crippen LogP contribution in [0.5, 0.6) is 5.75 Å². The molecule has 0 atom stereocenters. The van der Waals surface area contributed by atoms with Gasteiger partial charge in [-0.2, -0.15) is 10.1 Å². The van der Waals surface area contributed by atoms with Crippen LogP contribution < -0.4 is 19.9 Å². The zero-order valence-corrected chi connectivity index (χ0v) is 16.2. The van der Waals surface area contributed by atoms with Crippen LogP contribution in [-0.4, -0.2) is 48.5 Å². The number of piperazine rings is 1. The van der Waals surface area contributed by atoms with Gasteiger partial charge in [-0.15, -0.1) is 5.10 Å². The first kappa shape index (κ1) is 18.0. The van der Waals surface area contributed by atoms with Crippen molar-refractivity contribution in [2.45, 2.75) is 6.92 Å². The molecule has 7 nitrogen and oxygen atoms in total. The summed E-state index contributed by atoms with van der Waals surface area (Å²) in [6.45, 7) is 5.72. The fourth-order valence-electron chi connectivity index (χ4n) is 3.30. The highest BCUT2D eigenvalue weighted by atomic mass is 16.5. The predicted octanol–water partition coefficient (Wildman–Crippen LogP) is 3.26. The molecule has 0 unspecified atom stereocenters. The Morgan fingerprint density at radius 2 is 1.71 bits per heavy atom. The van der Waals surface area contributed by atoms with Crippen molar-refractivity contribution in [3.05, 3.63) is 60.3 Å². The number of anilines is 4. The van der Waals surface area contributed by atoms with Crippen LogP contribution in [0.1, 0.15) is 5.56 Å². The van der Waals surface area contributed by atoms with Gasteiger partial charge in [-0.05, 0) is 48.9 Å².